The number of amides is 2. The molecule has 1 saturated heterocycles. The van der Waals surface area contributed by atoms with Crippen LogP contribution in [0.4, 0.5) is 23.7 Å². The summed E-state index contributed by atoms with van der Waals surface area (Å²) >= 11 is 0. The maximum absolute atomic E-state index is 12.4. The number of alkyl halides is 3. The Labute approximate surface area is 108 Å². The van der Waals surface area contributed by atoms with Crippen molar-refractivity contribution in [2.45, 2.75) is 26.1 Å². The summed E-state index contributed by atoms with van der Waals surface area (Å²) in [4.78, 5) is 16.5. The summed E-state index contributed by atoms with van der Waals surface area (Å²) in [5.74, 6) is 0.261. The second-order valence-electron chi connectivity index (χ2n) is 4.81. The molecule has 104 valence electrons. The molecule has 1 fully saturated rings. The first-order chi connectivity index (χ1) is 8.79. The van der Waals surface area contributed by atoms with Crippen LogP contribution in [0.5, 0.6) is 0 Å². The Bertz CT molecular complexity index is 470. The molecule has 0 saturated carbocycles. The van der Waals surface area contributed by atoms with Crippen molar-refractivity contribution in [1.29, 1.82) is 0 Å². The molecular weight excluding hydrogens is 259 g/mol. The van der Waals surface area contributed by atoms with Gasteiger partial charge in [-0.2, -0.15) is 13.2 Å². The molecule has 1 atom stereocenters. The van der Waals surface area contributed by atoms with Gasteiger partial charge in [0.2, 0.25) is 0 Å². The molecule has 2 rings (SSSR count). The van der Waals surface area contributed by atoms with E-state index in [-0.39, 0.29) is 18.0 Å². The number of hydrogen-bond donors (Lipinski definition) is 1. The molecule has 19 heavy (non-hydrogen) atoms. The lowest BCUT2D eigenvalue weighted by atomic mass is 10.1. The van der Waals surface area contributed by atoms with Crippen molar-refractivity contribution in [3.05, 3.63) is 24.0 Å². The van der Waals surface area contributed by atoms with Gasteiger partial charge in [0.15, 0.2) is 0 Å². The topological polar surface area (TPSA) is 45.2 Å². The summed E-state index contributed by atoms with van der Waals surface area (Å²) < 4.78 is 37.2. The van der Waals surface area contributed by atoms with E-state index < -0.39 is 11.9 Å². The minimum atomic E-state index is -4.47. The van der Waals surface area contributed by atoms with Crippen LogP contribution in [-0.4, -0.2) is 23.6 Å². The average molecular weight is 273 g/mol. The van der Waals surface area contributed by atoms with Gasteiger partial charge in [-0.1, -0.05) is 13.8 Å². The molecule has 0 spiro atoms. The van der Waals surface area contributed by atoms with Gasteiger partial charge in [0, 0.05) is 6.54 Å². The van der Waals surface area contributed by atoms with E-state index in [4.69, 9.17) is 0 Å². The number of hydrogen-bond acceptors (Lipinski definition) is 2. The summed E-state index contributed by atoms with van der Waals surface area (Å²) in [6, 6.07) is 1.83. The van der Waals surface area contributed by atoms with Crippen molar-refractivity contribution in [2.75, 3.05) is 11.4 Å². The molecule has 2 heterocycles. The fourth-order valence-electron chi connectivity index (χ4n) is 1.88. The van der Waals surface area contributed by atoms with E-state index in [1.807, 2.05) is 13.8 Å². The van der Waals surface area contributed by atoms with E-state index in [1.54, 1.807) is 0 Å². The van der Waals surface area contributed by atoms with Crippen LogP contribution < -0.4 is 10.2 Å². The molecule has 1 aromatic rings. The third kappa shape index (κ3) is 2.80. The second-order valence-corrected chi connectivity index (χ2v) is 4.81. The van der Waals surface area contributed by atoms with Gasteiger partial charge in [0.1, 0.15) is 5.69 Å². The van der Waals surface area contributed by atoms with Crippen LogP contribution in [0.15, 0.2) is 18.3 Å². The molecule has 7 heteroatoms. The van der Waals surface area contributed by atoms with Crippen molar-refractivity contribution in [1.82, 2.24) is 10.3 Å². The number of carbonyl (C=O) groups excluding carboxylic acids is 1. The number of rotatable bonds is 2. The summed E-state index contributed by atoms with van der Waals surface area (Å²) in [5, 5.41) is 2.78. The fraction of sp³-hybridized carbons (Fsp3) is 0.500. The Morgan fingerprint density at radius 1 is 1.42 bits per heavy atom. The maximum Gasteiger partial charge on any atom is 0.433 e. The molecule has 1 aromatic heterocycles. The van der Waals surface area contributed by atoms with E-state index in [9.17, 15) is 18.0 Å². The van der Waals surface area contributed by atoms with Gasteiger partial charge in [0.25, 0.3) is 0 Å². The predicted molar refractivity (Wildman–Crippen MR) is 63.7 cm³/mol. The first-order valence-corrected chi connectivity index (χ1v) is 5.90. The van der Waals surface area contributed by atoms with Gasteiger partial charge in [-0.15, -0.1) is 0 Å². The maximum atomic E-state index is 12.4. The summed E-state index contributed by atoms with van der Waals surface area (Å²) in [6.45, 7) is 4.38. The highest BCUT2D eigenvalue weighted by molar-refractivity contribution is 5.94. The van der Waals surface area contributed by atoms with Gasteiger partial charge < -0.3 is 5.32 Å². The lowest BCUT2D eigenvalue weighted by Gasteiger charge is -2.16. The highest BCUT2D eigenvalue weighted by Gasteiger charge is 2.34. The number of anilines is 1. The standard InChI is InChI=1S/C12H14F3N3O/c1-7(2)9-6-18(11(19)17-9)8-3-4-10(16-5-8)12(13,14)15/h3-5,7,9H,6H2,1-2H3,(H,17,19). The number of urea groups is 1. The number of carbonyl (C=O) groups is 1. The van der Waals surface area contributed by atoms with E-state index >= 15 is 0 Å². The van der Waals surface area contributed by atoms with Crippen molar-refractivity contribution in [2.24, 2.45) is 5.92 Å². The fourth-order valence-corrected chi connectivity index (χ4v) is 1.88. The van der Waals surface area contributed by atoms with Crippen molar-refractivity contribution < 1.29 is 18.0 Å². The van der Waals surface area contributed by atoms with E-state index in [1.165, 1.54) is 11.0 Å². The minimum absolute atomic E-state index is 0.00482. The van der Waals surface area contributed by atoms with Crippen LogP contribution in [0.25, 0.3) is 0 Å². The number of aromatic nitrogens is 1. The molecule has 4 nitrogen and oxygen atoms in total. The van der Waals surface area contributed by atoms with Gasteiger partial charge in [-0.3, -0.25) is 4.90 Å². The monoisotopic (exact) mass is 273 g/mol. The largest absolute Gasteiger partial charge is 0.433 e. The van der Waals surface area contributed by atoms with Crippen LogP contribution in [0.3, 0.4) is 0 Å². The number of halogens is 3. The Kier molecular flexibility index (Phi) is 3.38. The van der Waals surface area contributed by atoms with E-state index in [0.29, 0.717) is 12.2 Å². The molecule has 0 radical (unpaired) electrons. The molecule has 1 N–H and O–H groups in total. The molecule has 0 aliphatic carbocycles. The lowest BCUT2D eigenvalue weighted by Crippen LogP contribution is -2.31. The zero-order chi connectivity index (χ0) is 14.2. The third-order valence-corrected chi connectivity index (χ3v) is 3.09. The highest BCUT2D eigenvalue weighted by Crippen LogP contribution is 2.29. The van der Waals surface area contributed by atoms with Crippen molar-refractivity contribution in [3.8, 4) is 0 Å². The molecule has 2 amide bonds. The van der Waals surface area contributed by atoms with Crippen LogP contribution >= 0.6 is 0 Å². The summed E-state index contributed by atoms with van der Waals surface area (Å²) in [7, 11) is 0. The van der Waals surface area contributed by atoms with E-state index in [0.717, 1.165) is 12.3 Å². The summed E-state index contributed by atoms with van der Waals surface area (Å²) in [6.07, 6.45) is -3.39. The molecule has 1 unspecified atom stereocenters. The summed E-state index contributed by atoms with van der Waals surface area (Å²) in [5.41, 5.74) is -0.593. The highest BCUT2D eigenvalue weighted by atomic mass is 19.4. The van der Waals surface area contributed by atoms with Crippen LogP contribution in [-0.2, 0) is 6.18 Å². The van der Waals surface area contributed by atoms with Crippen molar-refractivity contribution in [3.63, 3.8) is 0 Å². The molecule has 0 bridgehead atoms. The average Bonchev–Trinajstić information content (AvgIpc) is 2.70. The third-order valence-electron chi connectivity index (χ3n) is 3.09. The van der Waals surface area contributed by atoms with Gasteiger partial charge in [0.05, 0.1) is 17.9 Å². The molecular formula is C12H14F3N3O. The van der Waals surface area contributed by atoms with Gasteiger partial charge in [-0.25, -0.2) is 9.78 Å². The van der Waals surface area contributed by atoms with Crippen LogP contribution in [0.2, 0.25) is 0 Å². The minimum Gasteiger partial charge on any atom is -0.333 e. The number of nitrogens with one attached hydrogen (secondary N) is 1. The zero-order valence-electron chi connectivity index (χ0n) is 10.5. The molecule has 0 aromatic carbocycles. The normalized spacial score (nSPS) is 20.0. The number of nitrogens with zero attached hydrogens (tertiary/aromatic N) is 2. The van der Waals surface area contributed by atoms with Gasteiger partial charge in [-0.05, 0) is 18.1 Å². The Morgan fingerprint density at radius 2 is 2.11 bits per heavy atom. The zero-order valence-corrected chi connectivity index (χ0v) is 10.5. The Morgan fingerprint density at radius 3 is 2.53 bits per heavy atom. The van der Waals surface area contributed by atoms with Crippen LogP contribution in [0.1, 0.15) is 19.5 Å². The second kappa shape index (κ2) is 4.71. The molecule has 1 aliphatic heterocycles. The van der Waals surface area contributed by atoms with Gasteiger partial charge >= 0.3 is 12.2 Å². The Hall–Kier alpha value is -1.79. The quantitative estimate of drug-likeness (QED) is 0.900. The predicted octanol–water partition coefficient (Wildman–Crippen LogP) is 2.65. The van der Waals surface area contributed by atoms with E-state index in [2.05, 4.69) is 10.3 Å². The Balaban J connectivity index is 2.17. The van der Waals surface area contributed by atoms with Crippen LogP contribution in [0, 0.1) is 5.92 Å². The number of pyridine rings is 1. The molecule has 1 aliphatic rings. The lowest BCUT2D eigenvalue weighted by molar-refractivity contribution is -0.141. The first-order valence-electron chi connectivity index (χ1n) is 5.90. The smallest absolute Gasteiger partial charge is 0.333 e. The van der Waals surface area contributed by atoms with Crippen molar-refractivity contribution >= 4 is 11.7 Å². The SMILES string of the molecule is CC(C)C1CN(c2ccc(C(F)(F)F)nc2)C(=O)N1. The first kappa shape index (κ1) is 13.6.